The number of hydrogen-bond acceptors (Lipinski definition) is 5. The number of hydrogen-bond donors (Lipinski definition) is 2. The molecule has 116 valence electrons. The van der Waals surface area contributed by atoms with Gasteiger partial charge in [-0.1, -0.05) is 6.07 Å². The summed E-state index contributed by atoms with van der Waals surface area (Å²) in [5, 5.41) is 2.94. The Morgan fingerprint density at radius 2 is 2.29 bits per heavy atom. The number of carbonyl (C=O) groups is 1. The van der Waals surface area contributed by atoms with Crippen LogP contribution in [0.5, 0.6) is 0 Å². The third-order valence-electron chi connectivity index (χ3n) is 3.48. The molecule has 1 unspecified atom stereocenters. The Morgan fingerprint density at radius 1 is 1.52 bits per heavy atom. The molecule has 0 saturated carbocycles. The highest BCUT2D eigenvalue weighted by Crippen LogP contribution is 2.18. The monoisotopic (exact) mass is 292 g/mol. The summed E-state index contributed by atoms with van der Waals surface area (Å²) in [5.41, 5.74) is 6.70. The van der Waals surface area contributed by atoms with Gasteiger partial charge in [-0.05, 0) is 19.4 Å². The molecule has 6 nitrogen and oxygen atoms in total. The fraction of sp³-hybridized carbons (Fsp3) is 0.600. The van der Waals surface area contributed by atoms with Crippen LogP contribution in [0.4, 0.5) is 5.82 Å². The number of amides is 1. The average Bonchev–Trinajstić information content (AvgIpc) is 2.52. The minimum Gasteiger partial charge on any atom is -0.378 e. The fourth-order valence-electron chi connectivity index (χ4n) is 2.27. The summed E-state index contributed by atoms with van der Waals surface area (Å²) in [6.45, 7) is 5.52. The van der Waals surface area contributed by atoms with Gasteiger partial charge in [0.05, 0.1) is 13.2 Å². The quantitative estimate of drug-likeness (QED) is 0.805. The Hall–Kier alpha value is -1.66. The van der Waals surface area contributed by atoms with Crippen molar-refractivity contribution in [3.8, 4) is 0 Å². The van der Waals surface area contributed by atoms with Crippen LogP contribution in [-0.2, 0) is 16.1 Å². The van der Waals surface area contributed by atoms with Crippen LogP contribution < -0.4 is 16.0 Å². The van der Waals surface area contributed by atoms with Crippen LogP contribution in [0, 0.1) is 0 Å². The molecule has 21 heavy (non-hydrogen) atoms. The number of ether oxygens (including phenoxy) is 1. The lowest BCUT2D eigenvalue weighted by Gasteiger charge is -2.29. The standard InChI is InChI=1S/C15H24N4O2/c1-12(16)4-5-14(20)18-11-13-3-2-6-17-15(13)19-7-9-21-10-8-19/h2-3,6,12H,4-5,7-11,16H2,1H3,(H,18,20). The van der Waals surface area contributed by atoms with Crippen molar-refractivity contribution in [3.05, 3.63) is 23.9 Å². The number of nitrogens with one attached hydrogen (secondary N) is 1. The van der Waals surface area contributed by atoms with Gasteiger partial charge in [0.15, 0.2) is 0 Å². The van der Waals surface area contributed by atoms with E-state index in [1.54, 1.807) is 6.20 Å². The van der Waals surface area contributed by atoms with E-state index < -0.39 is 0 Å². The van der Waals surface area contributed by atoms with Crippen molar-refractivity contribution in [2.75, 3.05) is 31.2 Å². The molecule has 1 fully saturated rings. The van der Waals surface area contributed by atoms with E-state index in [0.29, 0.717) is 19.4 Å². The summed E-state index contributed by atoms with van der Waals surface area (Å²) in [7, 11) is 0. The maximum absolute atomic E-state index is 11.8. The van der Waals surface area contributed by atoms with Crippen molar-refractivity contribution in [2.45, 2.75) is 32.4 Å². The van der Waals surface area contributed by atoms with Crippen molar-refractivity contribution in [1.82, 2.24) is 10.3 Å². The van der Waals surface area contributed by atoms with Gasteiger partial charge in [-0.3, -0.25) is 4.79 Å². The molecule has 1 atom stereocenters. The highest BCUT2D eigenvalue weighted by molar-refractivity contribution is 5.76. The van der Waals surface area contributed by atoms with E-state index in [4.69, 9.17) is 10.5 Å². The summed E-state index contributed by atoms with van der Waals surface area (Å²) in [4.78, 5) is 18.4. The molecular formula is C15H24N4O2. The molecule has 3 N–H and O–H groups in total. The van der Waals surface area contributed by atoms with Gasteiger partial charge >= 0.3 is 0 Å². The van der Waals surface area contributed by atoms with Crippen LogP contribution in [0.25, 0.3) is 0 Å². The number of anilines is 1. The lowest BCUT2D eigenvalue weighted by atomic mass is 10.2. The molecule has 1 aliphatic heterocycles. The Morgan fingerprint density at radius 3 is 3.00 bits per heavy atom. The summed E-state index contributed by atoms with van der Waals surface area (Å²) in [6, 6.07) is 3.95. The number of nitrogens with zero attached hydrogens (tertiary/aromatic N) is 2. The number of aromatic nitrogens is 1. The molecular weight excluding hydrogens is 268 g/mol. The van der Waals surface area contributed by atoms with Gasteiger partial charge in [0.2, 0.25) is 5.91 Å². The zero-order valence-electron chi connectivity index (χ0n) is 12.5. The zero-order valence-corrected chi connectivity index (χ0v) is 12.5. The van der Waals surface area contributed by atoms with Crippen molar-refractivity contribution in [3.63, 3.8) is 0 Å². The number of carbonyl (C=O) groups excluding carboxylic acids is 1. The lowest BCUT2D eigenvalue weighted by Crippen LogP contribution is -2.37. The van der Waals surface area contributed by atoms with Gasteiger partial charge in [0, 0.05) is 43.9 Å². The molecule has 0 aromatic carbocycles. The molecule has 0 spiro atoms. The fourth-order valence-corrected chi connectivity index (χ4v) is 2.27. The van der Waals surface area contributed by atoms with E-state index in [1.165, 1.54) is 0 Å². The second kappa shape index (κ2) is 7.95. The van der Waals surface area contributed by atoms with Crippen molar-refractivity contribution in [1.29, 1.82) is 0 Å². The third kappa shape index (κ3) is 4.99. The van der Waals surface area contributed by atoms with Crippen LogP contribution in [0.1, 0.15) is 25.3 Å². The molecule has 0 aliphatic carbocycles. The van der Waals surface area contributed by atoms with E-state index in [9.17, 15) is 4.79 Å². The largest absolute Gasteiger partial charge is 0.378 e. The molecule has 2 rings (SSSR count). The highest BCUT2D eigenvalue weighted by atomic mass is 16.5. The van der Waals surface area contributed by atoms with Crippen molar-refractivity contribution >= 4 is 11.7 Å². The van der Waals surface area contributed by atoms with E-state index in [1.807, 2.05) is 19.1 Å². The Balaban J connectivity index is 1.92. The Labute approximate surface area is 125 Å². The first-order valence-corrected chi connectivity index (χ1v) is 7.45. The molecule has 6 heteroatoms. The van der Waals surface area contributed by atoms with Gasteiger partial charge in [-0.25, -0.2) is 4.98 Å². The smallest absolute Gasteiger partial charge is 0.220 e. The summed E-state index contributed by atoms with van der Waals surface area (Å²) in [6.07, 6.45) is 2.95. The predicted molar refractivity (Wildman–Crippen MR) is 82.0 cm³/mol. The summed E-state index contributed by atoms with van der Waals surface area (Å²) >= 11 is 0. The first kappa shape index (κ1) is 15.7. The first-order valence-electron chi connectivity index (χ1n) is 7.45. The minimum absolute atomic E-state index is 0.0316. The second-order valence-electron chi connectivity index (χ2n) is 5.38. The normalized spacial score (nSPS) is 16.6. The van der Waals surface area contributed by atoms with Gasteiger partial charge in [0.25, 0.3) is 0 Å². The zero-order chi connectivity index (χ0) is 15.1. The Bertz CT molecular complexity index is 459. The molecule has 1 aromatic heterocycles. The number of nitrogens with two attached hydrogens (primary N) is 1. The van der Waals surface area contributed by atoms with Crippen LogP contribution in [0.3, 0.4) is 0 Å². The highest BCUT2D eigenvalue weighted by Gasteiger charge is 2.16. The number of rotatable bonds is 6. The molecule has 1 amide bonds. The molecule has 1 aliphatic rings. The van der Waals surface area contributed by atoms with E-state index in [2.05, 4.69) is 15.2 Å². The molecule has 0 radical (unpaired) electrons. The number of pyridine rings is 1. The molecule has 1 saturated heterocycles. The van der Waals surface area contributed by atoms with Crippen LogP contribution in [-0.4, -0.2) is 43.2 Å². The van der Waals surface area contributed by atoms with Crippen molar-refractivity contribution in [2.24, 2.45) is 5.73 Å². The van der Waals surface area contributed by atoms with E-state index in [0.717, 1.165) is 37.7 Å². The first-order chi connectivity index (χ1) is 10.2. The van der Waals surface area contributed by atoms with E-state index >= 15 is 0 Å². The van der Waals surface area contributed by atoms with E-state index in [-0.39, 0.29) is 11.9 Å². The molecule has 0 bridgehead atoms. The van der Waals surface area contributed by atoms with Crippen LogP contribution in [0.15, 0.2) is 18.3 Å². The van der Waals surface area contributed by atoms with Crippen LogP contribution >= 0.6 is 0 Å². The van der Waals surface area contributed by atoms with Gasteiger partial charge in [-0.15, -0.1) is 0 Å². The van der Waals surface area contributed by atoms with Gasteiger partial charge in [0.1, 0.15) is 5.82 Å². The maximum atomic E-state index is 11.8. The lowest BCUT2D eigenvalue weighted by molar-refractivity contribution is -0.121. The topological polar surface area (TPSA) is 80.5 Å². The van der Waals surface area contributed by atoms with Crippen molar-refractivity contribution < 1.29 is 9.53 Å². The summed E-state index contributed by atoms with van der Waals surface area (Å²) < 4.78 is 5.36. The minimum atomic E-state index is 0.0316. The third-order valence-corrected chi connectivity index (χ3v) is 3.48. The molecule has 2 heterocycles. The Kier molecular flexibility index (Phi) is 5.95. The number of morpholine rings is 1. The summed E-state index contributed by atoms with van der Waals surface area (Å²) in [5.74, 6) is 0.970. The average molecular weight is 292 g/mol. The van der Waals surface area contributed by atoms with Gasteiger partial charge < -0.3 is 20.7 Å². The predicted octanol–water partition coefficient (Wildman–Crippen LogP) is 0.662. The van der Waals surface area contributed by atoms with Gasteiger partial charge in [-0.2, -0.15) is 0 Å². The SMILES string of the molecule is CC(N)CCC(=O)NCc1cccnc1N1CCOCC1. The van der Waals surface area contributed by atoms with Crippen LogP contribution in [0.2, 0.25) is 0 Å². The second-order valence-corrected chi connectivity index (χ2v) is 5.38. The maximum Gasteiger partial charge on any atom is 0.220 e. The molecule has 1 aromatic rings.